The first-order valence-corrected chi connectivity index (χ1v) is 3.49. The smallest absolute Gasteiger partial charge is 0.133 e. The lowest BCUT2D eigenvalue weighted by atomic mass is 10.2. The molecule has 3 nitrogen and oxygen atoms in total. The van der Waals surface area contributed by atoms with Gasteiger partial charge in [0.15, 0.2) is 0 Å². The molecule has 0 bridgehead atoms. The first kappa shape index (κ1) is 7.25. The lowest BCUT2D eigenvalue weighted by molar-refractivity contribution is 0.660. The zero-order valence-corrected chi connectivity index (χ0v) is 6.70. The largest absolute Gasteiger partial charge is 0.324 e. The zero-order chi connectivity index (χ0) is 7.56. The number of rotatable bonds is 1. The van der Waals surface area contributed by atoms with Gasteiger partial charge in [-0.3, -0.25) is 4.99 Å². The molecule has 1 aliphatic rings. The Hall–Kier alpha value is -0.860. The van der Waals surface area contributed by atoms with Gasteiger partial charge in [-0.1, -0.05) is 13.8 Å². The molecule has 0 fully saturated rings. The van der Waals surface area contributed by atoms with Crippen LogP contribution in [0, 0.1) is 5.92 Å². The van der Waals surface area contributed by atoms with E-state index in [9.17, 15) is 0 Å². The van der Waals surface area contributed by atoms with Gasteiger partial charge in [0, 0.05) is 13.0 Å². The third-order valence-electron chi connectivity index (χ3n) is 1.45. The summed E-state index contributed by atoms with van der Waals surface area (Å²) in [5.74, 6) is 1.62. The molecule has 0 saturated carbocycles. The molecule has 1 heterocycles. The maximum atomic E-state index is 4.25. The van der Waals surface area contributed by atoms with Crippen molar-refractivity contribution in [3.8, 4) is 0 Å². The summed E-state index contributed by atoms with van der Waals surface area (Å²) >= 11 is 0. The van der Waals surface area contributed by atoms with Crippen molar-refractivity contribution in [2.75, 3.05) is 13.7 Å². The van der Waals surface area contributed by atoms with E-state index in [2.05, 4.69) is 23.8 Å². The molecule has 1 aliphatic heterocycles. The maximum Gasteiger partial charge on any atom is 0.133 e. The molecule has 0 aliphatic carbocycles. The van der Waals surface area contributed by atoms with Crippen molar-refractivity contribution in [3.05, 3.63) is 0 Å². The Balaban J connectivity index is 2.66. The normalized spacial score (nSPS) is 18.0. The molecule has 0 aromatic rings. The predicted octanol–water partition coefficient (Wildman–Crippen LogP) is 0.972. The Morgan fingerprint density at radius 3 is 2.70 bits per heavy atom. The molecule has 0 aromatic heterocycles. The van der Waals surface area contributed by atoms with Crippen LogP contribution in [0.15, 0.2) is 9.98 Å². The van der Waals surface area contributed by atoms with E-state index in [0.717, 1.165) is 5.84 Å². The van der Waals surface area contributed by atoms with Crippen LogP contribution in [0.5, 0.6) is 0 Å². The summed E-state index contributed by atoms with van der Waals surface area (Å²) in [6.45, 7) is 4.86. The van der Waals surface area contributed by atoms with E-state index < -0.39 is 0 Å². The number of hydrogen-bond acceptors (Lipinski definition) is 3. The summed E-state index contributed by atoms with van der Waals surface area (Å²) in [4.78, 5) is 10.2. The van der Waals surface area contributed by atoms with Gasteiger partial charge >= 0.3 is 0 Å². The lowest BCUT2D eigenvalue weighted by Crippen LogP contribution is -2.32. The third-order valence-corrected chi connectivity index (χ3v) is 1.45. The highest BCUT2D eigenvalue weighted by atomic mass is 15.2. The summed E-state index contributed by atoms with van der Waals surface area (Å²) < 4.78 is 0. The van der Waals surface area contributed by atoms with Gasteiger partial charge in [0.05, 0.1) is 6.34 Å². The molecule has 0 aromatic carbocycles. The Morgan fingerprint density at radius 1 is 1.60 bits per heavy atom. The van der Waals surface area contributed by atoms with Crippen LogP contribution in [0.25, 0.3) is 0 Å². The second-order valence-electron chi connectivity index (χ2n) is 2.72. The molecule has 0 spiro atoms. The third kappa shape index (κ3) is 1.35. The quantitative estimate of drug-likeness (QED) is 0.532. The van der Waals surface area contributed by atoms with E-state index in [1.54, 1.807) is 0 Å². The van der Waals surface area contributed by atoms with Gasteiger partial charge in [-0.25, -0.2) is 4.99 Å². The van der Waals surface area contributed by atoms with E-state index in [-0.39, 0.29) is 0 Å². The van der Waals surface area contributed by atoms with Crippen molar-refractivity contribution >= 4 is 12.2 Å². The van der Waals surface area contributed by atoms with E-state index >= 15 is 0 Å². The van der Waals surface area contributed by atoms with Crippen molar-refractivity contribution in [2.24, 2.45) is 15.9 Å². The molecule has 0 radical (unpaired) electrons. The van der Waals surface area contributed by atoms with Crippen molar-refractivity contribution in [2.45, 2.75) is 13.8 Å². The Labute approximate surface area is 61.5 Å². The van der Waals surface area contributed by atoms with Crippen molar-refractivity contribution in [3.63, 3.8) is 0 Å². The first-order valence-electron chi connectivity index (χ1n) is 3.49. The average molecular weight is 139 g/mol. The minimum absolute atomic E-state index is 0.497. The minimum atomic E-state index is 0.497. The molecule has 56 valence electrons. The fraction of sp³-hybridized carbons (Fsp3) is 0.714. The minimum Gasteiger partial charge on any atom is -0.324 e. The highest BCUT2D eigenvalue weighted by Gasteiger charge is 2.10. The van der Waals surface area contributed by atoms with Crippen LogP contribution in [-0.4, -0.2) is 30.8 Å². The van der Waals surface area contributed by atoms with Crippen LogP contribution in [0.4, 0.5) is 0 Å². The molecule has 1 rings (SSSR count). The van der Waals surface area contributed by atoms with Gasteiger partial charge in [-0.2, -0.15) is 0 Å². The molecule has 0 atom stereocenters. The van der Waals surface area contributed by atoms with Gasteiger partial charge in [-0.05, 0) is 0 Å². The summed E-state index contributed by atoms with van der Waals surface area (Å²) in [6, 6.07) is 0. The number of amidine groups is 1. The molecule has 0 amide bonds. The fourth-order valence-electron chi connectivity index (χ4n) is 1.03. The van der Waals surface area contributed by atoms with Crippen LogP contribution in [-0.2, 0) is 0 Å². The van der Waals surface area contributed by atoms with Crippen LogP contribution < -0.4 is 0 Å². The zero-order valence-electron chi connectivity index (χ0n) is 6.70. The fourth-order valence-corrected chi connectivity index (χ4v) is 1.03. The van der Waals surface area contributed by atoms with Crippen LogP contribution in [0.3, 0.4) is 0 Å². The van der Waals surface area contributed by atoms with Crippen molar-refractivity contribution in [1.82, 2.24) is 4.90 Å². The van der Waals surface area contributed by atoms with Gasteiger partial charge in [0.2, 0.25) is 0 Å². The standard InChI is InChI=1S/C7H13N3/c1-6(2)7-9-4-8-5-10(7)3/h5-6H,4H2,1-3H3. The van der Waals surface area contributed by atoms with Crippen LogP contribution in [0.1, 0.15) is 13.8 Å². The van der Waals surface area contributed by atoms with Gasteiger partial charge in [-0.15, -0.1) is 0 Å². The van der Waals surface area contributed by atoms with Gasteiger partial charge in [0.1, 0.15) is 12.5 Å². The molecular formula is C7H13N3. The van der Waals surface area contributed by atoms with E-state index in [1.165, 1.54) is 0 Å². The monoisotopic (exact) mass is 139 g/mol. The van der Waals surface area contributed by atoms with Crippen molar-refractivity contribution < 1.29 is 0 Å². The second kappa shape index (κ2) is 2.82. The van der Waals surface area contributed by atoms with Crippen LogP contribution >= 0.6 is 0 Å². The Bertz CT molecular complexity index is 170. The Kier molecular flexibility index (Phi) is 2.04. The second-order valence-corrected chi connectivity index (χ2v) is 2.72. The van der Waals surface area contributed by atoms with E-state index in [4.69, 9.17) is 0 Å². The number of aliphatic imine (C=N–C) groups is 2. The summed E-state index contributed by atoms with van der Waals surface area (Å²) in [7, 11) is 1.97. The Morgan fingerprint density at radius 2 is 2.30 bits per heavy atom. The van der Waals surface area contributed by atoms with Gasteiger partial charge < -0.3 is 4.90 Å². The summed E-state index contributed by atoms with van der Waals surface area (Å²) in [5.41, 5.74) is 0. The molecular weight excluding hydrogens is 126 g/mol. The SMILES string of the molecule is CC(C)C1=NCN=CN1C. The molecule has 3 heteroatoms. The molecule has 0 unspecified atom stereocenters. The average Bonchev–Trinajstić information content (AvgIpc) is 1.88. The summed E-state index contributed by atoms with van der Waals surface area (Å²) in [5, 5.41) is 0. The lowest BCUT2D eigenvalue weighted by Gasteiger charge is -2.21. The molecule has 0 N–H and O–H groups in total. The predicted molar refractivity (Wildman–Crippen MR) is 43.4 cm³/mol. The first-order chi connectivity index (χ1) is 4.72. The highest BCUT2D eigenvalue weighted by molar-refractivity contribution is 5.93. The van der Waals surface area contributed by atoms with E-state index in [1.807, 2.05) is 18.3 Å². The molecule has 10 heavy (non-hydrogen) atoms. The van der Waals surface area contributed by atoms with Gasteiger partial charge in [0.25, 0.3) is 0 Å². The van der Waals surface area contributed by atoms with E-state index in [0.29, 0.717) is 12.6 Å². The molecule has 0 saturated heterocycles. The summed E-state index contributed by atoms with van der Waals surface area (Å²) in [6.07, 6.45) is 1.82. The van der Waals surface area contributed by atoms with Crippen LogP contribution in [0.2, 0.25) is 0 Å². The topological polar surface area (TPSA) is 28.0 Å². The number of nitrogens with zero attached hydrogens (tertiary/aromatic N) is 3. The van der Waals surface area contributed by atoms with Crippen molar-refractivity contribution in [1.29, 1.82) is 0 Å². The number of hydrogen-bond donors (Lipinski definition) is 0. The maximum absolute atomic E-state index is 4.25. The highest BCUT2D eigenvalue weighted by Crippen LogP contribution is 2.03.